The first-order chi connectivity index (χ1) is 16.8. The van der Waals surface area contributed by atoms with Gasteiger partial charge in [-0.05, 0) is 85.1 Å². The molecule has 0 bridgehead atoms. The van der Waals surface area contributed by atoms with Crippen LogP contribution in [0, 0.1) is 27.7 Å². The molecule has 0 unspecified atom stereocenters. The Morgan fingerprint density at radius 1 is 0.743 bits per heavy atom. The molecule has 0 spiro atoms. The third kappa shape index (κ3) is 5.92. The Balaban J connectivity index is 1.63. The fourth-order valence-corrected chi connectivity index (χ4v) is 4.06. The Morgan fingerprint density at radius 2 is 1.43 bits per heavy atom. The molecule has 180 valence electrons. The lowest BCUT2D eigenvalue weighted by atomic mass is 10.0. The predicted molar refractivity (Wildman–Crippen MR) is 140 cm³/mol. The standard InChI is InChI=1S/C27H27N3O4S/c1-16-6-8-21(9-7-16)35-34-33-32-26-13-18(3)11-20-10-17(2)12-24(27(20)26)30-29-23-15-25(31-5)22(28)14-19(23)4/h6-15H,28H2,1-5H3. The van der Waals surface area contributed by atoms with Crippen LogP contribution in [0.3, 0.4) is 0 Å². The molecule has 0 fully saturated rings. The monoisotopic (exact) mass is 489 g/mol. The molecule has 0 aliphatic heterocycles. The van der Waals surface area contributed by atoms with Crippen LogP contribution in [0.4, 0.5) is 17.1 Å². The Kier molecular flexibility index (Phi) is 7.55. The largest absolute Gasteiger partial charge is 0.495 e. The van der Waals surface area contributed by atoms with E-state index in [1.165, 1.54) is 5.56 Å². The van der Waals surface area contributed by atoms with E-state index in [1.54, 1.807) is 13.2 Å². The van der Waals surface area contributed by atoms with Crippen molar-refractivity contribution in [1.29, 1.82) is 0 Å². The zero-order chi connectivity index (χ0) is 24.9. The number of ether oxygens (including phenoxy) is 1. The maximum atomic E-state index is 6.00. The number of benzene rings is 4. The summed E-state index contributed by atoms with van der Waals surface area (Å²) in [6.45, 7) is 7.95. The number of azo groups is 1. The highest BCUT2D eigenvalue weighted by atomic mass is 32.2. The fraction of sp³-hybridized carbons (Fsp3) is 0.185. The molecule has 0 radical (unpaired) electrons. The van der Waals surface area contributed by atoms with Crippen LogP contribution in [0.1, 0.15) is 22.3 Å². The topological polar surface area (TPSA) is 87.7 Å². The Morgan fingerprint density at radius 3 is 2.14 bits per heavy atom. The average molecular weight is 490 g/mol. The number of anilines is 1. The van der Waals surface area contributed by atoms with Crippen LogP contribution < -0.4 is 15.4 Å². The molecule has 0 heterocycles. The van der Waals surface area contributed by atoms with E-state index in [4.69, 9.17) is 24.7 Å². The van der Waals surface area contributed by atoms with Crippen molar-refractivity contribution in [2.45, 2.75) is 32.6 Å². The fourth-order valence-electron chi connectivity index (χ4n) is 3.68. The third-order valence-electron chi connectivity index (χ3n) is 5.40. The second-order valence-electron chi connectivity index (χ2n) is 8.34. The number of hydrogen-bond donors (Lipinski definition) is 1. The maximum Gasteiger partial charge on any atom is 0.179 e. The Labute approximate surface area is 208 Å². The number of methoxy groups -OCH3 is 1. The second kappa shape index (κ2) is 10.8. The van der Waals surface area contributed by atoms with Gasteiger partial charge in [-0.2, -0.15) is 5.11 Å². The average Bonchev–Trinajstić information content (AvgIpc) is 2.81. The second-order valence-corrected chi connectivity index (χ2v) is 9.12. The van der Waals surface area contributed by atoms with Crippen LogP contribution >= 0.6 is 12.0 Å². The highest BCUT2D eigenvalue weighted by Crippen LogP contribution is 2.39. The third-order valence-corrected chi connectivity index (χ3v) is 5.99. The highest BCUT2D eigenvalue weighted by Gasteiger charge is 2.13. The van der Waals surface area contributed by atoms with Gasteiger partial charge in [0.2, 0.25) is 0 Å². The summed E-state index contributed by atoms with van der Waals surface area (Å²) in [5.41, 5.74) is 12.0. The van der Waals surface area contributed by atoms with Crippen LogP contribution in [-0.4, -0.2) is 7.11 Å². The van der Waals surface area contributed by atoms with Gasteiger partial charge in [-0.1, -0.05) is 29.8 Å². The molecule has 4 rings (SSSR count). The lowest BCUT2D eigenvalue weighted by Crippen LogP contribution is -1.96. The zero-order valence-corrected chi connectivity index (χ0v) is 21.1. The summed E-state index contributed by atoms with van der Waals surface area (Å²) in [5.74, 6) is 1.03. The van der Waals surface area contributed by atoms with Crippen molar-refractivity contribution in [1.82, 2.24) is 0 Å². The molecule has 0 aliphatic carbocycles. The number of nitrogen functional groups attached to an aromatic ring is 1. The van der Waals surface area contributed by atoms with E-state index in [9.17, 15) is 0 Å². The maximum absolute atomic E-state index is 6.00. The summed E-state index contributed by atoms with van der Waals surface area (Å²) in [6, 6.07) is 19.4. The van der Waals surface area contributed by atoms with Crippen molar-refractivity contribution < 1.29 is 19.0 Å². The minimum atomic E-state index is 0.477. The smallest absolute Gasteiger partial charge is 0.179 e. The van der Waals surface area contributed by atoms with Crippen molar-refractivity contribution in [3.8, 4) is 11.5 Å². The van der Waals surface area contributed by atoms with Crippen molar-refractivity contribution >= 4 is 39.9 Å². The summed E-state index contributed by atoms with van der Waals surface area (Å²) in [7, 11) is 1.57. The van der Waals surface area contributed by atoms with Crippen LogP contribution in [0.25, 0.3) is 10.8 Å². The predicted octanol–water partition coefficient (Wildman–Crippen LogP) is 8.03. The van der Waals surface area contributed by atoms with Crippen molar-refractivity contribution in [3.05, 3.63) is 82.9 Å². The normalized spacial score (nSPS) is 11.3. The van der Waals surface area contributed by atoms with Crippen LogP contribution in [0.15, 0.2) is 75.8 Å². The van der Waals surface area contributed by atoms with Crippen molar-refractivity contribution in [3.63, 3.8) is 0 Å². The highest BCUT2D eigenvalue weighted by molar-refractivity contribution is 7.94. The first-order valence-corrected chi connectivity index (χ1v) is 11.7. The van der Waals surface area contributed by atoms with E-state index in [1.807, 2.05) is 70.2 Å². The summed E-state index contributed by atoms with van der Waals surface area (Å²) in [4.78, 5) is 6.47. The number of nitrogens with zero attached hydrogens (tertiary/aromatic N) is 2. The molecule has 4 aromatic rings. The van der Waals surface area contributed by atoms with Crippen molar-refractivity contribution in [2.75, 3.05) is 12.8 Å². The molecule has 7 nitrogen and oxygen atoms in total. The molecule has 0 amide bonds. The quantitative estimate of drug-likeness (QED) is 0.0673. The van der Waals surface area contributed by atoms with Gasteiger partial charge in [0.05, 0.1) is 41.6 Å². The molecule has 4 aromatic carbocycles. The SMILES string of the molecule is COc1cc(N=Nc2cc(C)cc3cc(C)cc(OOOSc4ccc(C)cc4)c23)c(C)cc1N. The van der Waals surface area contributed by atoms with E-state index in [0.717, 1.165) is 44.4 Å². The molecule has 2 N–H and O–H groups in total. The van der Waals surface area contributed by atoms with Crippen LogP contribution in [0.5, 0.6) is 11.5 Å². The molecule has 35 heavy (non-hydrogen) atoms. The zero-order valence-electron chi connectivity index (χ0n) is 20.3. The van der Waals surface area contributed by atoms with Crippen LogP contribution in [0.2, 0.25) is 0 Å². The molecule has 0 saturated carbocycles. The van der Waals surface area contributed by atoms with Gasteiger partial charge in [0.15, 0.2) is 5.75 Å². The van der Waals surface area contributed by atoms with E-state index in [0.29, 0.717) is 28.6 Å². The van der Waals surface area contributed by atoms with Gasteiger partial charge in [-0.3, -0.25) is 0 Å². The number of fused-ring (bicyclic) bond motifs is 1. The first-order valence-electron chi connectivity index (χ1n) is 11.0. The molecule has 0 saturated heterocycles. The van der Waals surface area contributed by atoms with Crippen LogP contribution in [-0.2, 0) is 9.37 Å². The summed E-state index contributed by atoms with van der Waals surface area (Å²) in [6.07, 6.45) is 0. The molecule has 0 aromatic heterocycles. The summed E-state index contributed by atoms with van der Waals surface area (Å²) < 4.78 is 10.5. The molecule has 0 aliphatic rings. The molecular weight excluding hydrogens is 462 g/mol. The molecule has 0 atom stereocenters. The number of nitrogens with two attached hydrogens (primary N) is 1. The van der Waals surface area contributed by atoms with E-state index < -0.39 is 0 Å². The van der Waals surface area contributed by atoms with Gasteiger partial charge in [0.1, 0.15) is 5.75 Å². The van der Waals surface area contributed by atoms with Gasteiger partial charge < -0.3 is 15.4 Å². The number of rotatable bonds is 8. The van der Waals surface area contributed by atoms with Gasteiger partial charge in [-0.15, -0.1) is 9.45 Å². The molecular formula is C27H27N3O4S. The molecule has 8 heteroatoms. The van der Waals surface area contributed by atoms with E-state index in [2.05, 4.69) is 22.4 Å². The lowest BCUT2D eigenvalue weighted by molar-refractivity contribution is -0.403. The summed E-state index contributed by atoms with van der Waals surface area (Å²) in [5, 5.41) is 15.8. The van der Waals surface area contributed by atoms with Gasteiger partial charge in [0, 0.05) is 11.0 Å². The Bertz CT molecular complexity index is 1380. The lowest BCUT2D eigenvalue weighted by Gasteiger charge is -2.11. The van der Waals surface area contributed by atoms with E-state index >= 15 is 0 Å². The number of aryl methyl sites for hydroxylation is 4. The minimum Gasteiger partial charge on any atom is -0.495 e. The number of hydrogen-bond acceptors (Lipinski definition) is 8. The van der Waals surface area contributed by atoms with Gasteiger partial charge >= 0.3 is 0 Å². The van der Waals surface area contributed by atoms with Gasteiger partial charge in [-0.25, -0.2) is 0 Å². The van der Waals surface area contributed by atoms with Gasteiger partial charge in [0.25, 0.3) is 0 Å². The minimum absolute atomic E-state index is 0.477. The summed E-state index contributed by atoms with van der Waals surface area (Å²) >= 11 is 1.07. The first kappa shape index (κ1) is 24.5. The van der Waals surface area contributed by atoms with Crippen molar-refractivity contribution in [2.24, 2.45) is 10.2 Å². The van der Waals surface area contributed by atoms with E-state index in [-0.39, 0.29) is 0 Å². The Hall–Kier alpha value is -3.59.